The molecule has 0 aliphatic rings. The molecule has 1 aromatic rings. The van der Waals surface area contributed by atoms with Crippen LogP contribution in [0.25, 0.3) is 0 Å². The summed E-state index contributed by atoms with van der Waals surface area (Å²) in [6, 6.07) is 0. The van der Waals surface area contributed by atoms with Crippen LogP contribution in [0.5, 0.6) is 0 Å². The molecule has 0 amide bonds. The second kappa shape index (κ2) is 4.01. The van der Waals surface area contributed by atoms with Gasteiger partial charge in [-0.1, -0.05) is 13.8 Å². The molecule has 0 bridgehead atoms. The van der Waals surface area contributed by atoms with Gasteiger partial charge in [0.15, 0.2) is 0 Å². The SMILES string of the molecule is CNCC(C)(C)Cc1cncs1. The molecule has 0 aliphatic heterocycles. The van der Waals surface area contributed by atoms with Crippen LogP contribution in [-0.2, 0) is 6.42 Å². The summed E-state index contributed by atoms with van der Waals surface area (Å²) in [5.41, 5.74) is 2.23. The molecule has 0 saturated carbocycles. The second-order valence-corrected chi connectivity index (χ2v) is 4.81. The summed E-state index contributed by atoms with van der Waals surface area (Å²) in [6.07, 6.45) is 3.07. The fourth-order valence-corrected chi connectivity index (χ4v) is 2.20. The van der Waals surface area contributed by atoms with Gasteiger partial charge >= 0.3 is 0 Å². The molecule has 0 atom stereocenters. The normalized spacial score (nSPS) is 11.9. The molecule has 0 unspecified atom stereocenters. The van der Waals surface area contributed by atoms with Crippen molar-refractivity contribution in [1.82, 2.24) is 10.3 Å². The smallest absolute Gasteiger partial charge is 0.0794 e. The van der Waals surface area contributed by atoms with Gasteiger partial charge in [0.05, 0.1) is 5.51 Å². The van der Waals surface area contributed by atoms with Gasteiger partial charge in [-0.25, -0.2) is 0 Å². The Hall–Kier alpha value is -0.410. The summed E-state index contributed by atoms with van der Waals surface area (Å²) < 4.78 is 0. The van der Waals surface area contributed by atoms with Crippen molar-refractivity contribution in [2.24, 2.45) is 5.41 Å². The summed E-state index contributed by atoms with van der Waals surface area (Å²) in [5, 5.41) is 3.20. The minimum Gasteiger partial charge on any atom is -0.319 e. The maximum absolute atomic E-state index is 4.06. The Labute approximate surface area is 78.0 Å². The molecular formula is C9H16N2S. The largest absolute Gasteiger partial charge is 0.319 e. The summed E-state index contributed by atoms with van der Waals surface area (Å²) in [5.74, 6) is 0. The number of nitrogens with zero attached hydrogens (tertiary/aromatic N) is 1. The van der Waals surface area contributed by atoms with Gasteiger partial charge in [-0.15, -0.1) is 11.3 Å². The van der Waals surface area contributed by atoms with E-state index in [0.29, 0.717) is 5.41 Å². The van der Waals surface area contributed by atoms with E-state index in [1.54, 1.807) is 11.3 Å². The predicted molar refractivity (Wildman–Crippen MR) is 53.5 cm³/mol. The summed E-state index contributed by atoms with van der Waals surface area (Å²) >= 11 is 1.74. The number of rotatable bonds is 4. The number of nitrogens with one attached hydrogen (secondary N) is 1. The predicted octanol–water partition coefficient (Wildman–Crippen LogP) is 1.93. The fourth-order valence-electron chi connectivity index (χ4n) is 1.34. The highest BCUT2D eigenvalue weighted by Crippen LogP contribution is 2.22. The van der Waals surface area contributed by atoms with Crippen molar-refractivity contribution in [3.8, 4) is 0 Å². The van der Waals surface area contributed by atoms with E-state index in [1.165, 1.54) is 4.88 Å². The van der Waals surface area contributed by atoms with Gasteiger partial charge in [-0.2, -0.15) is 0 Å². The van der Waals surface area contributed by atoms with Crippen molar-refractivity contribution in [3.05, 3.63) is 16.6 Å². The van der Waals surface area contributed by atoms with E-state index in [1.807, 2.05) is 18.8 Å². The maximum Gasteiger partial charge on any atom is 0.0794 e. The van der Waals surface area contributed by atoms with Crippen LogP contribution in [0.1, 0.15) is 18.7 Å². The Kier molecular flexibility index (Phi) is 3.23. The fraction of sp³-hybridized carbons (Fsp3) is 0.667. The standard InChI is InChI=1S/C9H16N2S/c1-9(2,6-10-3)4-8-5-11-7-12-8/h5,7,10H,4,6H2,1-3H3. The van der Waals surface area contributed by atoms with Crippen molar-refractivity contribution in [1.29, 1.82) is 0 Å². The van der Waals surface area contributed by atoms with E-state index < -0.39 is 0 Å². The van der Waals surface area contributed by atoms with E-state index in [9.17, 15) is 0 Å². The highest BCUT2D eigenvalue weighted by atomic mass is 32.1. The summed E-state index contributed by atoms with van der Waals surface area (Å²) in [7, 11) is 1.99. The first kappa shape index (κ1) is 9.68. The number of hydrogen-bond donors (Lipinski definition) is 1. The molecule has 1 aromatic heterocycles. The van der Waals surface area contributed by atoms with Crippen molar-refractivity contribution in [2.75, 3.05) is 13.6 Å². The van der Waals surface area contributed by atoms with Crippen LogP contribution in [0, 0.1) is 5.41 Å². The highest BCUT2D eigenvalue weighted by Gasteiger charge is 2.17. The molecule has 1 N–H and O–H groups in total. The first-order chi connectivity index (χ1) is 5.64. The molecule has 0 spiro atoms. The summed E-state index contributed by atoms with van der Waals surface area (Å²) in [4.78, 5) is 5.44. The van der Waals surface area contributed by atoms with Crippen molar-refractivity contribution >= 4 is 11.3 Å². The quantitative estimate of drug-likeness (QED) is 0.773. The monoisotopic (exact) mass is 184 g/mol. The van der Waals surface area contributed by atoms with E-state index in [2.05, 4.69) is 24.1 Å². The van der Waals surface area contributed by atoms with Crippen LogP contribution in [-0.4, -0.2) is 18.6 Å². The third-order valence-electron chi connectivity index (χ3n) is 1.79. The second-order valence-electron chi connectivity index (χ2n) is 3.84. The van der Waals surface area contributed by atoms with Crippen LogP contribution in [0.3, 0.4) is 0 Å². The first-order valence-corrected chi connectivity index (χ1v) is 5.04. The van der Waals surface area contributed by atoms with Gasteiger partial charge in [-0.05, 0) is 18.9 Å². The topological polar surface area (TPSA) is 24.9 Å². The van der Waals surface area contributed by atoms with Gasteiger partial charge in [0.2, 0.25) is 0 Å². The zero-order valence-electron chi connectivity index (χ0n) is 7.92. The van der Waals surface area contributed by atoms with Gasteiger partial charge in [0.1, 0.15) is 0 Å². The highest BCUT2D eigenvalue weighted by molar-refractivity contribution is 7.09. The first-order valence-electron chi connectivity index (χ1n) is 4.16. The van der Waals surface area contributed by atoms with Crippen LogP contribution in [0.2, 0.25) is 0 Å². The average Bonchev–Trinajstić information content (AvgIpc) is 2.38. The molecule has 3 heteroatoms. The Morgan fingerprint density at radius 2 is 2.33 bits per heavy atom. The lowest BCUT2D eigenvalue weighted by molar-refractivity contribution is 0.352. The average molecular weight is 184 g/mol. The molecule has 2 nitrogen and oxygen atoms in total. The van der Waals surface area contributed by atoms with Gasteiger partial charge in [0.25, 0.3) is 0 Å². The van der Waals surface area contributed by atoms with E-state index in [-0.39, 0.29) is 0 Å². The molecule has 1 heterocycles. The van der Waals surface area contributed by atoms with Gasteiger partial charge < -0.3 is 5.32 Å². The molecule has 12 heavy (non-hydrogen) atoms. The Bertz CT molecular complexity index is 216. The zero-order valence-corrected chi connectivity index (χ0v) is 8.74. The van der Waals surface area contributed by atoms with E-state index in [0.717, 1.165) is 13.0 Å². The minimum absolute atomic E-state index is 0.335. The Morgan fingerprint density at radius 1 is 1.58 bits per heavy atom. The van der Waals surface area contributed by atoms with Gasteiger partial charge in [0, 0.05) is 17.6 Å². The molecule has 0 radical (unpaired) electrons. The zero-order chi connectivity index (χ0) is 9.03. The molecule has 0 saturated heterocycles. The molecule has 68 valence electrons. The van der Waals surface area contributed by atoms with E-state index >= 15 is 0 Å². The van der Waals surface area contributed by atoms with Crippen LogP contribution in [0.4, 0.5) is 0 Å². The van der Waals surface area contributed by atoms with Crippen LogP contribution < -0.4 is 5.32 Å². The van der Waals surface area contributed by atoms with Crippen molar-refractivity contribution in [2.45, 2.75) is 20.3 Å². The lowest BCUT2D eigenvalue weighted by Gasteiger charge is -2.22. The number of aromatic nitrogens is 1. The third-order valence-corrected chi connectivity index (χ3v) is 2.57. The molecule has 0 fully saturated rings. The van der Waals surface area contributed by atoms with Crippen molar-refractivity contribution in [3.63, 3.8) is 0 Å². The maximum atomic E-state index is 4.06. The minimum atomic E-state index is 0.335. The lowest BCUT2D eigenvalue weighted by atomic mass is 9.89. The molecule has 1 rings (SSSR count). The molecular weight excluding hydrogens is 168 g/mol. The van der Waals surface area contributed by atoms with Crippen LogP contribution >= 0.6 is 11.3 Å². The molecule has 0 aromatic carbocycles. The van der Waals surface area contributed by atoms with Crippen LogP contribution in [0.15, 0.2) is 11.7 Å². The van der Waals surface area contributed by atoms with E-state index in [4.69, 9.17) is 0 Å². The third kappa shape index (κ3) is 2.91. The lowest BCUT2D eigenvalue weighted by Crippen LogP contribution is -2.28. The van der Waals surface area contributed by atoms with Gasteiger partial charge in [-0.3, -0.25) is 4.98 Å². The number of thiazole rings is 1. The Balaban J connectivity index is 2.50. The number of hydrogen-bond acceptors (Lipinski definition) is 3. The Morgan fingerprint density at radius 3 is 2.83 bits per heavy atom. The van der Waals surface area contributed by atoms with Crippen molar-refractivity contribution < 1.29 is 0 Å². The molecule has 0 aliphatic carbocycles. The summed E-state index contributed by atoms with van der Waals surface area (Å²) in [6.45, 7) is 5.58.